The lowest BCUT2D eigenvalue weighted by atomic mass is 9.95. The summed E-state index contributed by atoms with van der Waals surface area (Å²) in [7, 11) is 1.53. The molecular formula is C17H20N2O3. The summed E-state index contributed by atoms with van der Waals surface area (Å²) >= 11 is 0. The van der Waals surface area contributed by atoms with E-state index in [1.165, 1.54) is 13.3 Å². The molecule has 0 aliphatic heterocycles. The van der Waals surface area contributed by atoms with Gasteiger partial charge in [-0.05, 0) is 18.9 Å². The molecule has 1 aromatic heterocycles. The number of nitrogen functional groups attached to an aromatic ring is 1. The molecule has 0 spiro atoms. The molecule has 0 unspecified atom stereocenters. The van der Waals surface area contributed by atoms with Crippen molar-refractivity contribution in [3.8, 4) is 5.75 Å². The fourth-order valence-electron chi connectivity index (χ4n) is 2.23. The summed E-state index contributed by atoms with van der Waals surface area (Å²) in [5, 5.41) is 0. The van der Waals surface area contributed by atoms with Gasteiger partial charge >= 0.3 is 5.97 Å². The molecule has 2 aromatic rings. The van der Waals surface area contributed by atoms with Crippen molar-refractivity contribution in [1.29, 1.82) is 0 Å². The van der Waals surface area contributed by atoms with Gasteiger partial charge in [0, 0.05) is 6.07 Å². The number of nitrogens with two attached hydrogens (primary N) is 1. The number of hydrogen-bond donors (Lipinski definition) is 1. The summed E-state index contributed by atoms with van der Waals surface area (Å²) in [6, 6.07) is 11.5. The van der Waals surface area contributed by atoms with Crippen molar-refractivity contribution in [1.82, 2.24) is 4.98 Å². The number of rotatable bonds is 6. The van der Waals surface area contributed by atoms with E-state index in [2.05, 4.69) is 4.98 Å². The number of ether oxygens (including phenoxy) is 2. The van der Waals surface area contributed by atoms with Crippen LogP contribution in [-0.4, -0.2) is 24.7 Å². The molecule has 1 atom stereocenters. The van der Waals surface area contributed by atoms with Crippen molar-refractivity contribution in [3.05, 3.63) is 53.9 Å². The molecular weight excluding hydrogens is 280 g/mol. The van der Waals surface area contributed by atoms with E-state index in [0.717, 1.165) is 5.56 Å². The highest BCUT2D eigenvalue weighted by molar-refractivity contribution is 5.78. The molecule has 5 nitrogen and oxygen atoms in total. The van der Waals surface area contributed by atoms with Crippen LogP contribution >= 0.6 is 0 Å². The van der Waals surface area contributed by atoms with E-state index in [9.17, 15) is 4.79 Å². The molecule has 0 bridgehead atoms. The molecule has 116 valence electrons. The standard InChI is InChI=1S/C17H20N2O3/c1-3-22-17(20)13(9-12-7-5-4-6-8-12)15-10-16(21-2)14(18)11-19-15/h4-8,10-11,13H,3,9,18H2,1-2H3/t13-/m0/s1. The van der Waals surface area contributed by atoms with Crippen LogP contribution < -0.4 is 10.5 Å². The number of nitrogens with zero attached hydrogens (tertiary/aromatic N) is 1. The van der Waals surface area contributed by atoms with Crippen molar-refractivity contribution in [2.24, 2.45) is 0 Å². The smallest absolute Gasteiger partial charge is 0.315 e. The minimum atomic E-state index is -0.489. The maximum Gasteiger partial charge on any atom is 0.315 e. The minimum Gasteiger partial charge on any atom is -0.494 e. The largest absolute Gasteiger partial charge is 0.494 e. The van der Waals surface area contributed by atoms with Gasteiger partial charge in [-0.25, -0.2) is 0 Å². The van der Waals surface area contributed by atoms with Crippen molar-refractivity contribution < 1.29 is 14.3 Å². The number of hydrogen-bond acceptors (Lipinski definition) is 5. The average molecular weight is 300 g/mol. The SMILES string of the molecule is CCOC(=O)[C@@H](Cc1ccccc1)c1cc(OC)c(N)cn1. The molecule has 1 aromatic carbocycles. The molecule has 0 saturated carbocycles. The lowest BCUT2D eigenvalue weighted by Crippen LogP contribution is -2.19. The van der Waals surface area contributed by atoms with Gasteiger partial charge in [0.25, 0.3) is 0 Å². The normalized spacial score (nSPS) is 11.7. The van der Waals surface area contributed by atoms with Gasteiger partial charge in [0.15, 0.2) is 0 Å². The number of methoxy groups -OCH3 is 1. The summed E-state index contributed by atoms with van der Waals surface area (Å²) in [5.41, 5.74) is 7.85. The number of carbonyl (C=O) groups excluding carboxylic acids is 1. The Morgan fingerprint density at radius 2 is 2.05 bits per heavy atom. The lowest BCUT2D eigenvalue weighted by molar-refractivity contribution is -0.145. The Kier molecular flexibility index (Phi) is 5.36. The van der Waals surface area contributed by atoms with E-state index in [1.807, 2.05) is 30.3 Å². The number of anilines is 1. The van der Waals surface area contributed by atoms with Gasteiger partial charge in [0.05, 0.1) is 31.3 Å². The quantitative estimate of drug-likeness (QED) is 0.830. The average Bonchev–Trinajstić information content (AvgIpc) is 2.54. The third-order valence-electron chi connectivity index (χ3n) is 3.35. The summed E-state index contributed by atoms with van der Waals surface area (Å²) < 4.78 is 10.4. The highest BCUT2D eigenvalue weighted by Gasteiger charge is 2.24. The molecule has 0 saturated heterocycles. The fraction of sp³-hybridized carbons (Fsp3) is 0.294. The molecule has 0 fully saturated rings. The van der Waals surface area contributed by atoms with Crippen molar-refractivity contribution in [2.45, 2.75) is 19.3 Å². The Balaban J connectivity index is 2.33. The second-order valence-electron chi connectivity index (χ2n) is 4.85. The van der Waals surface area contributed by atoms with E-state index in [1.54, 1.807) is 13.0 Å². The zero-order valence-electron chi connectivity index (χ0n) is 12.8. The number of esters is 1. The summed E-state index contributed by atoms with van der Waals surface area (Å²) in [5.74, 6) is -0.283. The van der Waals surface area contributed by atoms with Crippen LogP contribution in [0.4, 0.5) is 5.69 Å². The Morgan fingerprint density at radius 1 is 1.32 bits per heavy atom. The van der Waals surface area contributed by atoms with Crippen LogP contribution in [-0.2, 0) is 16.0 Å². The molecule has 0 radical (unpaired) electrons. The van der Waals surface area contributed by atoms with Crippen LogP contribution in [0.3, 0.4) is 0 Å². The Labute approximate surface area is 130 Å². The van der Waals surface area contributed by atoms with Gasteiger partial charge < -0.3 is 15.2 Å². The monoisotopic (exact) mass is 300 g/mol. The molecule has 1 heterocycles. The maximum atomic E-state index is 12.3. The Bertz CT molecular complexity index is 629. The molecule has 5 heteroatoms. The summed E-state index contributed by atoms with van der Waals surface area (Å²) in [6.07, 6.45) is 2.02. The van der Waals surface area contributed by atoms with Crippen LogP contribution in [0, 0.1) is 0 Å². The van der Waals surface area contributed by atoms with Crippen LogP contribution in [0.5, 0.6) is 5.75 Å². The lowest BCUT2D eigenvalue weighted by Gasteiger charge is -2.16. The molecule has 0 aliphatic carbocycles. The van der Waals surface area contributed by atoms with Gasteiger partial charge in [-0.2, -0.15) is 0 Å². The highest BCUT2D eigenvalue weighted by atomic mass is 16.5. The van der Waals surface area contributed by atoms with Gasteiger partial charge in [-0.15, -0.1) is 0 Å². The number of carbonyl (C=O) groups is 1. The highest BCUT2D eigenvalue weighted by Crippen LogP contribution is 2.27. The molecule has 2 N–H and O–H groups in total. The zero-order valence-corrected chi connectivity index (χ0v) is 12.8. The molecule has 2 rings (SSSR count). The van der Waals surface area contributed by atoms with E-state index in [0.29, 0.717) is 30.2 Å². The first kappa shape index (κ1) is 15.8. The second kappa shape index (κ2) is 7.45. The third-order valence-corrected chi connectivity index (χ3v) is 3.35. The minimum absolute atomic E-state index is 0.300. The van der Waals surface area contributed by atoms with Crippen molar-refractivity contribution in [3.63, 3.8) is 0 Å². The van der Waals surface area contributed by atoms with E-state index < -0.39 is 5.92 Å². The predicted molar refractivity (Wildman–Crippen MR) is 84.7 cm³/mol. The molecule has 0 amide bonds. The molecule has 22 heavy (non-hydrogen) atoms. The number of aromatic nitrogens is 1. The van der Waals surface area contributed by atoms with E-state index in [4.69, 9.17) is 15.2 Å². The first-order valence-corrected chi connectivity index (χ1v) is 7.15. The van der Waals surface area contributed by atoms with E-state index in [-0.39, 0.29) is 5.97 Å². The third kappa shape index (κ3) is 3.75. The predicted octanol–water partition coefficient (Wildman–Crippen LogP) is 2.56. The van der Waals surface area contributed by atoms with Crippen LogP contribution in [0.15, 0.2) is 42.6 Å². The number of benzene rings is 1. The zero-order chi connectivity index (χ0) is 15.9. The van der Waals surface area contributed by atoms with E-state index >= 15 is 0 Å². The van der Waals surface area contributed by atoms with Gasteiger partial charge in [0.1, 0.15) is 11.7 Å². The molecule has 0 aliphatic rings. The van der Waals surface area contributed by atoms with Gasteiger partial charge in [0.2, 0.25) is 0 Å². The number of pyridine rings is 1. The van der Waals surface area contributed by atoms with Gasteiger partial charge in [-0.3, -0.25) is 9.78 Å². The summed E-state index contributed by atoms with van der Waals surface area (Å²) in [4.78, 5) is 16.6. The fourth-order valence-corrected chi connectivity index (χ4v) is 2.23. The Hall–Kier alpha value is -2.56. The van der Waals surface area contributed by atoms with Gasteiger partial charge in [-0.1, -0.05) is 30.3 Å². The van der Waals surface area contributed by atoms with Crippen molar-refractivity contribution >= 4 is 11.7 Å². The van der Waals surface area contributed by atoms with Crippen LogP contribution in [0.2, 0.25) is 0 Å². The van der Waals surface area contributed by atoms with Crippen LogP contribution in [0.1, 0.15) is 24.1 Å². The summed E-state index contributed by atoms with van der Waals surface area (Å²) in [6.45, 7) is 2.12. The second-order valence-corrected chi connectivity index (χ2v) is 4.85. The topological polar surface area (TPSA) is 74.4 Å². The maximum absolute atomic E-state index is 12.3. The van der Waals surface area contributed by atoms with Crippen LogP contribution in [0.25, 0.3) is 0 Å². The first-order valence-electron chi connectivity index (χ1n) is 7.15. The first-order chi connectivity index (χ1) is 10.7. The Morgan fingerprint density at radius 3 is 2.68 bits per heavy atom. The van der Waals surface area contributed by atoms with Crippen molar-refractivity contribution in [2.75, 3.05) is 19.5 Å².